The van der Waals surface area contributed by atoms with E-state index in [0.29, 0.717) is 5.92 Å². The van der Waals surface area contributed by atoms with Gasteiger partial charge in [0.2, 0.25) is 0 Å². The minimum absolute atomic E-state index is 0.510. The molecule has 1 N–H and O–H groups in total. The first-order valence-electron chi connectivity index (χ1n) is 7.82. The second kappa shape index (κ2) is 6.00. The predicted molar refractivity (Wildman–Crippen MR) is 85.8 cm³/mol. The molecule has 3 heterocycles. The van der Waals surface area contributed by atoms with Crippen LogP contribution in [0.15, 0.2) is 0 Å². The van der Waals surface area contributed by atoms with Crippen LogP contribution in [-0.4, -0.2) is 49.2 Å². The van der Waals surface area contributed by atoms with E-state index in [9.17, 15) is 0 Å². The molecule has 2 aliphatic heterocycles. The van der Waals surface area contributed by atoms with Gasteiger partial charge in [-0.15, -0.1) is 11.3 Å². The number of rotatable bonds is 4. The summed E-state index contributed by atoms with van der Waals surface area (Å²) in [4.78, 5) is 11.5. The molecule has 0 bridgehead atoms. The monoisotopic (exact) mass is 294 g/mol. The molecule has 5 heteroatoms. The van der Waals surface area contributed by atoms with E-state index in [1.54, 1.807) is 0 Å². The van der Waals surface area contributed by atoms with Gasteiger partial charge in [-0.25, -0.2) is 4.98 Å². The molecule has 0 aromatic carbocycles. The van der Waals surface area contributed by atoms with Gasteiger partial charge in [-0.05, 0) is 32.4 Å². The summed E-state index contributed by atoms with van der Waals surface area (Å²) in [7, 11) is 2.01. The fourth-order valence-electron chi connectivity index (χ4n) is 3.39. The van der Waals surface area contributed by atoms with Gasteiger partial charge in [0.15, 0.2) is 5.13 Å². The van der Waals surface area contributed by atoms with Gasteiger partial charge in [-0.1, -0.05) is 13.8 Å². The van der Waals surface area contributed by atoms with Gasteiger partial charge in [0.1, 0.15) is 0 Å². The van der Waals surface area contributed by atoms with Crippen molar-refractivity contribution in [2.24, 2.45) is 0 Å². The lowest BCUT2D eigenvalue weighted by Gasteiger charge is -2.37. The molecule has 0 spiro atoms. The Morgan fingerprint density at radius 1 is 1.35 bits per heavy atom. The molecule has 20 heavy (non-hydrogen) atoms. The topological polar surface area (TPSA) is 31.4 Å². The van der Waals surface area contributed by atoms with Crippen LogP contribution >= 0.6 is 11.3 Å². The van der Waals surface area contributed by atoms with Crippen LogP contribution in [0.5, 0.6) is 0 Å². The van der Waals surface area contributed by atoms with E-state index < -0.39 is 0 Å². The van der Waals surface area contributed by atoms with Crippen molar-refractivity contribution in [3.63, 3.8) is 0 Å². The number of nitrogens with one attached hydrogen (secondary N) is 1. The van der Waals surface area contributed by atoms with Gasteiger partial charge in [-0.3, -0.25) is 4.90 Å². The molecule has 1 atom stereocenters. The van der Waals surface area contributed by atoms with Gasteiger partial charge in [0, 0.05) is 37.1 Å². The molecule has 2 aliphatic rings. The van der Waals surface area contributed by atoms with Gasteiger partial charge < -0.3 is 10.2 Å². The largest absolute Gasteiger partial charge is 0.345 e. The number of fused-ring (bicyclic) bond motifs is 1. The maximum Gasteiger partial charge on any atom is 0.185 e. The second-order valence-electron chi connectivity index (χ2n) is 6.27. The standard InChI is InChI=1S/C15H26N4S/c1-11(2)14-13(9-16-3)20-15(17-14)19-8-7-18-6-4-5-12(18)10-19/h11-12,16H,4-10H2,1-3H3. The highest BCUT2D eigenvalue weighted by Gasteiger charge is 2.32. The number of hydrogen-bond acceptors (Lipinski definition) is 5. The van der Waals surface area contributed by atoms with Crippen molar-refractivity contribution >= 4 is 16.5 Å². The first kappa shape index (κ1) is 14.3. The molecular weight excluding hydrogens is 268 g/mol. The third kappa shape index (κ3) is 2.71. The normalized spacial score (nSPS) is 23.6. The number of aromatic nitrogens is 1. The van der Waals surface area contributed by atoms with E-state index in [-0.39, 0.29) is 0 Å². The van der Waals surface area contributed by atoms with Gasteiger partial charge in [0.25, 0.3) is 0 Å². The Hall–Kier alpha value is -0.650. The van der Waals surface area contributed by atoms with Crippen molar-refractivity contribution in [1.82, 2.24) is 15.2 Å². The summed E-state index contributed by atoms with van der Waals surface area (Å²) < 4.78 is 0. The summed E-state index contributed by atoms with van der Waals surface area (Å²) in [6.07, 6.45) is 2.74. The van der Waals surface area contributed by atoms with E-state index in [4.69, 9.17) is 4.98 Å². The third-order valence-electron chi connectivity index (χ3n) is 4.46. The van der Waals surface area contributed by atoms with Crippen molar-refractivity contribution < 1.29 is 0 Å². The fourth-order valence-corrected chi connectivity index (χ4v) is 4.65. The average Bonchev–Trinajstić information content (AvgIpc) is 3.04. The Balaban J connectivity index is 1.77. The number of piperazine rings is 1. The Bertz CT molecular complexity index is 457. The predicted octanol–water partition coefficient (Wildman–Crippen LogP) is 2.27. The summed E-state index contributed by atoms with van der Waals surface area (Å²) in [6, 6.07) is 0.767. The number of hydrogen-bond donors (Lipinski definition) is 1. The van der Waals surface area contributed by atoms with E-state index in [2.05, 4.69) is 29.0 Å². The molecule has 0 aliphatic carbocycles. The first-order chi connectivity index (χ1) is 9.69. The maximum absolute atomic E-state index is 4.95. The van der Waals surface area contributed by atoms with Crippen LogP contribution in [0.1, 0.15) is 43.2 Å². The Morgan fingerprint density at radius 3 is 2.95 bits per heavy atom. The second-order valence-corrected chi connectivity index (χ2v) is 7.33. The number of nitrogens with zero attached hydrogens (tertiary/aromatic N) is 3. The summed E-state index contributed by atoms with van der Waals surface area (Å²) in [6.45, 7) is 10.3. The smallest absolute Gasteiger partial charge is 0.185 e. The van der Waals surface area contributed by atoms with E-state index in [1.165, 1.54) is 48.2 Å². The number of anilines is 1. The zero-order valence-corrected chi connectivity index (χ0v) is 13.7. The van der Waals surface area contributed by atoms with Crippen molar-refractivity contribution in [1.29, 1.82) is 0 Å². The van der Waals surface area contributed by atoms with Crippen LogP contribution in [0.4, 0.5) is 5.13 Å². The highest BCUT2D eigenvalue weighted by Crippen LogP contribution is 2.33. The molecule has 3 rings (SSSR count). The summed E-state index contributed by atoms with van der Waals surface area (Å²) in [5.41, 5.74) is 1.29. The van der Waals surface area contributed by atoms with Crippen LogP contribution < -0.4 is 10.2 Å². The molecule has 112 valence electrons. The SMILES string of the molecule is CNCc1sc(N2CCN3CCCC3C2)nc1C(C)C. The van der Waals surface area contributed by atoms with Crippen molar-refractivity contribution in [2.45, 2.75) is 45.2 Å². The van der Waals surface area contributed by atoms with Crippen LogP contribution in [0.25, 0.3) is 0 Å². The lowest BCUT2D eigenvalue weighted by atomic mass is 10.1. The lowest BCUT2D eigenvalue weighted by molar-refractivity contribution is 0.231. The quantitative estimate of drug-likeness (QED) is 0.923. The molecule has 4 nitrogen and oxygen atoms in total. The Labute approximate surface area is 126 Å². The zero-order valence-electron chi connectivity index (χ0n) is 12.9. The Kier molecular flexibility index (Phi) is 4.29. The number of thiazole rings is 1. The molecule has 1 unspecified atom stereocenters. The summed E-state index contributed by atoms with van der Waals surface area (Å²) in [5, 5.41) is 4.52. The van der Waals surface area contributed by atoms with Crippen LogP contribution in [-0.2, 0) is 6.54 Å². The minimum atomic E-state index is 0.510. The van der Waals surface area contributed by atoms with E-state index >= 15 is 0 Å². The van der Waals surface area contributed by atoms with Crippen molar-refractivity contribution in [2.75, 3.05) is 38.1 Å². The molecule has 0 saturated carbocycles. The maximum atomic E-state index is 4.95. The third-order valence-corrected chi connectivity index (χ3v) is 5.59. The molecule has 2 saturated heterocycles. The first-order valence-corrected chi connectivity index (χ1v) is 8.64. The zero-order chi connectivity index (χ0) is 14.1. The Morgan fingerprint density at radius 2 is 2.20 bits per heavy atom. The van der Waals surface area contributed by atoms with Crippen LogP contribution in [0.3, 0.4) is 0 Å². The fraction of sp³-hybridized carbons (Fsp3) is 0.800. The van der Waals surface area contributed by atoms with E-state index in [1.807, 2.05) is 18.4 Å². The van der Waals surface area contributed by atoms with Crippen molar-refractivity contribution in [3.05, 3.63) is 10.6 Å². The van der Waals surface area contributed by atoms with E-state index in [0.717, 1.165) is 19.1 Å². The summed E-state index contributed by atoms with van der Waals surface area (Å²) >= 11 is 1.89. The molecule has 1 aromatic heterocycles. The van der Waals surface area contributed by atoms with Crippen LogP contribution in [0.2, 0.25) is 0 Å². The molecule has 0 amide bonds. The van der Waals surface area contributed by atoms with Gasteiger partial charge in [0.05, 0.1) is 5.69 Å². The highest BCUT2D eigenvalue weighted by molar-refractivity contribution is 7.15. The molecule has 0 radical (unpaired) electrons. The molecule has 2 fully saturated rings. The molecular formula is C15H26N4S. The summed E-state index contributed by atoms with van der Waals surface area (Å²) in [5.74, 6) is 0.510. The lowest BCUT2D eigenvalue weighted by Crippen LogP contribution is -2.50. The highest BCUT2D eigenvalue weighted by atomic mass is 32.1. The average molecular weight is 294 g/mol. The van der Waals surface area contributed by atoms with Gasteiger partial charge in [-0.2, -0.15) is 0 Å². The van der Waals surface area contributed by atoms with Gasteiger partial charge >= 0.3 is 0 Å². The molecule has 1 aromatic rings. The van der Waals surface area contributed by atoms with Crippen molar-refractivity contribution in [3.8, 4) is 0 Å². The minimum Gasteiger partial charge on any atom is -0.345 e. The van der Waals surface area contributed by atoms with Crippen LogP contribution in [0, 0.1) is 0 Å².